The second kappa shape index (κ2) is 10.8. The third kappa shape index (κ3) is 5.92. The zero-order valence-electron chi connectivity index (χ0n) is 19.5. The van der Waals surface area contributed by atoms with Crippen LogP contribution in [0.3, 0.4) is 0 Å². The summed E-state index contributed by atoms with van der Waals surface area (Å²) in [6.07, 6.45) is 1.56. The number of ether oxygens (including phenoxy) is 1. The van der Waals surface area contributed by atoms with Crippen LogP contribution in [0.4, 0.5) is 10.5 Å². The number of benzene rings is 2. The second-order valence-electron chi connectivity index (χ2n) is 8.26. The Balaban J connectivity index is 1.19. The van der Waals surface area contributed by atoms with Crippen LogP contribution in [-0.4, -0.2) is 65.2 Å². The molecule has 9 heteroatoms. The van der Waals surface area contributed by atoms with Crippen molar-refractivity contribution in [3.8, 4) is 17.1 Å². The van der Waals surface area contributed by atoms with Crippen LogP contribution in [0.15, 0.2) is 53.1 Å². The molecule has 4 rings (SSSR count). The summed E-state index contributed by atoms with van der Waals surface area (Å²) in [5, 5.41) is 6.95. The maximum Gasteiger partial charge on any atom is 0.321 e. The van der Waals surface area contributed by atoms with Crippen molar-refractivity contribution in [3.63, 3.8) is 0 Å². The predicted molar refractivity (Wildman–Crippen MR) is 128 cm³/mol. The molecule has 34 heavy (non-hydrogen) atoms. The van der Waals surface area contributed by atoms with Crippen LogP contribution in [0.1, 0.15) is 24.3 Å². The first-order valence-corrected chi connectivity index (χ1v) is 11.4. The van der Waals surface area contributed by atoms with Crippen molar-refractivity contribution in [2.75, 3.05) is 38.6 Å². The number of nitrogens with zero attached hydrogens (tertiary/aromatic N) is 4. The van der Waals surface area contributed by atoms with Crippen molar-refractivity contribution in [1.29, 1.82) is 0 Å². The molecule has 0 spiro atoms. The Labute approximate surface area is 198 Å². The van der Waals surface area contributed by atoms with E-state index in [1.807, 2.05) is 60.4 Å². The lowest BCUT2D eigenvalue weighted by Gasteiger charge is -2.34. The zero-order chi connectivity index (χ0) is 23.9. The molecular formula is C25H29N5O4. The summed E-state index contributed by atoms with van der Waals surface area (Å²) in [6.45, 7) is 4.07. The minimum atomic E-state index is -0.137. The standard InChI is InChI=1S/C25H29N5O4/c1-18-5-3-6-20(17-18)26-25(32)30-15-13-29(14-16-30)23(31)8-4-7-22-27-24(28-34-22)19-9-11-21(33-2)12-10-19/h3,5-6,9-12,17H,4,7-8,13-16H2,1-2H3,(H,26,32). The van der Waals surface area contributed by atoms with E-state index in [2.05, 4.69) is 15.5 Å². The van der Waals surface area contributed by atoms with E-state index in [4.69, 9.17) is 9.26 Å². The third-order valence-corrected chi connectivity index (χ3v) is 5.79. The number of rotatable bonds is 7. The molecule has 178 valence electrons. The summed E-state index contributed by atoms with van der Waals surface area (Å²) in [4.78, 5) is 33.1. The number of anilines is 1. The number of piperazine rings is 1. The molecule has 1 fully saturated rings. The molecule has 0 saturated carbocycles. The third-order valence-electron chi connectivity index (χ3n) is 5.79. The summed E-state index contributed by atoms with van der Waals surface area (Å²) in [7, 11) is 1.62. The number of hydrogen-bond donors (Lipinski definition) is 1. The minimum Gasteiger partial charge on any atom is -0.497 e. The summed E-state index contributed by atoms with van der Waals surface area (Å²) in [5.41, 5.74) is 2.71. The number of hydrogen-bond acceptors (Lipinski definition) is 6. The zero-order valence-corrected chi connectivity index (χ0v) is 19.5. The fourth-order valence-corrected chi connectivity index (χ4v) is 3.85. The molecule has 0 atom stereocenters. The van der Waals surface area contributed by atoms with Crippen LogP contribution >= 0.6 is 0 Å². The number of carbonyl (C=O) groups excluding carboxylic acids is 2. The van der Waals surface area contributed by atoms with Crippen molar-refractivity contribution in [2.45, 2.75) is 26.2 Å². The van der Waals surface area contributed by atoms with Crippen molar-refractivity contribution in [2.24, 2.45) is 0 Å². The van der Waals surface area contributed by atoms with Gasteiger partial charge in [-0.2, -0.15) is 4.98 Å². The van der Waals surface area contributed by atoms with Gasteiger partial charge in [0, 0.05) is 50.3 Å². The van der Waals surface area contributed by atoms with E-state index < -0.39 is 0 Å². The van der Waals surface area contributed by atoms with E-state index in [1.54, 1.807) is 12.0 Å². The summed E-state index contributed by atoms with van der Waals surface area (Å²) < 4.78 is 10.5. The fourth-order valence-electron chi connectivity index (χ4n) is 3.85. The lowest BCUT2D eigenvalue weighted by molar-refractivity contribution is -0.132. The number of aryl methyl sites for hydroxylation is 2. The molecule has 1 N–H and O–H groups in total. The molecule has 3 aromatic rings. The molecule has 2 heterocycles. The highest BCUT2D eigenvalue weighted by Gasteiger charge is 2.24. The smallest absolute Gasteiger partial charge is 0.321 e. The van der Waals surface area contributed by atoms with Gasteiger partial charge in [0.2, 0.25) is 17.6 Å². The first kappa shape index (κ1) is 23.3. The maximum atomic E-state index is 12.6. The first-order valence-electron chi connectivity index (χ1n) is 11.4. The van der Waals surface area contributed by atoms with Gasteiger partial charge >= 0.3 is 6.03 Å². The van der Waals surface area contributed by atoms with Gasteiger partial charge in [-0.3, -0.25) is 4.79 Å². The Bertz CT molecular complexity index is 1120. The molecule has 0 bridgehead atoms. The van der Waals surface area contributed by atoms with Gasteiger partial charge in [-0.1, -0.05) is 17.3 Å². The van der Waals surface area contributed by atoms with E-state index in [0.717, 1.165) is 22.6 Å². The monoisotopic (exact) mass is 463 g/mol. The molecule has 1 saturated heterocycles. The average Bonchev–Trinajstić information content (AvgIpc) is 3.33. The Morgan fingerprint density at radius 1 is 1.06 bits per heavy atom. The van der Waals surface area contributed by atoms with Gasteiger partial charge in [0.15, 0.2) is 0 Å². The second-order valence-corrected chi connectivity index (χ2v) is 8.26. The van der Waals surface area contributed by atoms with E-state index in [0.29, 0.717) is 57.2 Å². The minimum absolute atomic E-state index is 0.0774. The van der Waals surface area contributed by atoms with Gasteiger partial charge in [-0.05, 0) is 55.3 Å². The quantitative estimate of drug-likeness (QED) is 0.573. The van der Waals surface area contributed by atoms with Gasteiger partial charge < -0.3 is 24.4 Å². The van der Waals surface area contributed by atoms with Crippen LogP contribution in [0.2, 0.25) is 0 Å². The number of aromatic nitrogens is 2. The maximum absolute atomic E-state index is 12.6. The van der Waals surface area contributed by atoms with Crippen molar-refractivity contribution >= 4 is 17.6 Å². The highest BCUT2D eigenvalue weighted by molar-refractivity contribution is 5.89. The normalized spacial score (nSPS) is 13.6. The van der Waals surface area contributed by atoms with Crippen LogP contribution in [0.25, 0.3) is 11.4 Å². The first-order chi connectivity index (χ1) is 16.5. The largest absolute Gasteiger partial charge is 0.497 e. The van der Waals surface area contributed by atoms with Crippen LogP contribution in [-0.2, 0) is 11.2 Å². The molecule has 0 radical (unpaired) electrons. The number of carbonyl (C=O) groups is 2. The Hall–Kier alpha value is -3.88. The molecule has 1 aliphatic rings. The lowest BCUT2D eigenvalue weighted by atomic mass is 10.2. The van der Waals surface area contributed by atoms with Gasteiger partial charge in [-0.15, -0.1) is 0 Å². The van der Waals surface area contributed by atoms with E-state index in [-0.39, 0.29) is 11.9 Å². The van der Waals surface area contributed by atoms with Crippen LogP contribution < -0.4 is 10.1 Å². The lowest BCUT2D eigenvalue weighted by Crippen LogP contribution is -2.51. The number of nitrogens with one attached hydrogen (secondary N) is 1. The number of methoxy groups -OCH3 is 1. The topological polar surface area (TPSA) is 101 Å². The van der Waals surface area contributed by atoms with Gasteiger partial charge in [0.25, 0.3) is 0 Å². The molecule has 2 aromatic carbocycles. The molecule has 1 aromatic heterocycles. The van der Waals surface area contributed by atoms with E-state index in [9.17, 15) is 9.59 Å². The van der Waals surface area contributed by atoms with Gasteiger partial charge in [0.05, 0.1) is 7.11 Å². The van der Waals surface area contributed by atoms with E-state index >= 15 is 0 Å². The van der Waals surface area contributed by atoms with Gasteiger partial charge in [0.1, 0.15) is 5.75 Å². The van der Waals surface area contributed by atoms with Crippen molar-refractivity contribution in [3.05, 3.63) is 60.0 Å². The van der Waals surface area contributed by atoms with Crippen molar-refractivity contribution < 1.29 is 18.8 Å². The van der Waals surface area contributed by atoms with Crippen LogP contribution in [0, 0.1) is 6.92 Å². The Morgan fingerprint density at radius 2 is 1.79 bits per heavy atom. The van der Waals surface area contributed by atoms with Gasteiger partial charge in [-0.25, -0.2) is 4.79 Å². The average molecular weight is 464 g/mol. The Morgan fingerprint density at radius 3 is 2.50 bits per heavy atom. The molecule has 1 aliphatic heterocycles. The molecule has 0 aliphatic carbocycles. The molecule has 0 unspecified atom stereocenters. The summed E-state index contributed by atoms with van der Waals surface area (Å²) in [6, 6.07) is 15.0. The Kier molecular flexibility index (Phi) is 7.41. The summed E-state index contributed by atoms with van der Waals surface area (Å²) >= 11 is 0. The SMILES string of the molecule is COc1ccc(-c2noc(CCCC(=O)N3CCN(C(=O)Nc4cccc(C)c4)CC3)n2)cc1. The molecular weight excluding hydrogens is 434 g/mol. The highest BCUT2D eigenvalue weighted by atomic mass is 16.5. The van der Waals surface area contributed by atoms with Crippen molar-refractivity contribution in [1.82, 2.24) is 19.9 Å². The number of urea groups is 1. The fraction of sp³-hybridized carbons (Fsp3) is 0.360. The number of amides is 3. The van der Waals surface area contributed by atoms with Crippen LogP contribution in [0.5, 0.6) is 5.75 Å². The van der Waals surface area contributed by atoms with E-state index in [1.165, 1.54) is 0 Å². The summed E-state index contributed by atoms with van der Waals surface area (Å²) in [5.74, 6) is 1.87. The predicted octanol–water partition coefficient (Wildman–Crippen LogP) is 3.75. The molecule has 9 nitrogen and oxygen atoms in total. The molecule has 3 amide bonds. The highest BCUT2D eigenvalue weighted by Crippen LogP contribution is 2.20.